The fourth-order valence-electron chi connectivity index (χ4n) is 3.97. The number of rotatable bonds is 11. The molecule has 1 N–H and O–H groups in total. The van der Waals surface area contributed by atoms with Gasteiger partial charge in [0.1, 0.15) is 12.4 Å². The van der Waals surface area contributed by atoms with Crippen LogP contribution in [0.25, 0.3) is 11.1 Å². The lowest BCUT2D eigenvalue weighted by atomic mass is 10.1. The highest BCUT2D eigenvalue weighted by Crippen LogP contribution is 2.34. The van der Waals surface area contributed by atoms with Crippen molar-refractivity contribution in [2.24, 2.45) is 0 Å². The number of benzene rings is 3. The summed E-state index contributed by atoms with van der Waals surface area (Å²) in [6, 6.07) is 23.3. The van der Waals surface area contributed by atoms with Crippen LogP contribution in [0.5, 0.6) is 17.2 Å². The van der Waals surface area contributed by atoms with E-state index in [0.29, 0.717) is 36.0 Å². The maximum Gasteiger partial charge on any atom is 0.268 e. The van der Waals surface area contributed by atoms with Gasteiger partial charge in [0.05, 0.1) is 13.2 Å². The molecule has 7 heteroatoms. The molecule has 1 saturated heterocycles. The number of aliphatic hydroxyl groups is 1. The second-order valence-electron chi connectivity index (χ2n) is 8.23. The molecule has 1 fully saturated rings. The van der Waals surface area contributed by atoms with E-state index in [1.54, 1.807) is 35.9 Å². The molecule has 0 aromatic heterocycles. The molecule has 3 aromatic carbocycles. The van der Waals surface area contributed by atoms with Crippen LogP contribution in [0.2, 0.25) is 0 Å². The Morgan fingerprint density at radius 2 is 1.77 bits per heavy atom. The number of hydrogen-bond donors (Lipinski definition) is 1. The molecule has 1 unspecified atom stereocenters. The van der Waals surface area contributed by atoms with Crippen LogP contribution in [0.1, 0.15) is 13.3 Å². The zero-order valence-electron chi connectivity index (χ0n) is 20.1. The number of anilines is 1. The summed E-state index contributed by atoms with van der Waals surface area (Å²) in [5, 5.41) is 10.0. The van der Waals surface area contributed by atoms with Gasteiger partial charge in [0.15, 0.2) is 17.6 Å². The number of aliphatic hydroxyl groups excluding tert-OH is 1. The summed E-state index contributed by atoms with van der Waals surface area (Å²) >= 11 is 1.66. The van der Waals surface area contributed by atoms with Gasteiger partial charge in [0.2, 0.25) is 0 Å². The predicted octanol–water partition coefficient (Wildman–Crippen LogP) is 5.04. The van der Waals surface area contributed by atoms with Crippen LogP contribution in [0.4, 0.5) is 5.69 Å². The normalized spacial score (nSPS) is 16.3. The van der Waals surface area contributed by atoms with Gasteiger partial charge in [-0.1, -0.05) is 49.4 Å². The van der Waals surface area contributed by atoms with Crippen LogP contribution in [-0.4, -0.2) is 55.0 Å². The van der Waals surface area contributed by atoms with E-state index < -0.39 is 12.2 Å². The third-order valence-electron chi connectivity index (χ3n) is 5.80. The fraction of sp³-hybridized carbons (Fsp3) is 0.321. The number of carbonyl (C=O) groups excluding carboxylic acids is 1. The fourth-order valence-corrected chi connectivity index (χ4v) is 4.58. The van der Waals surface area contributed by atoms with Gasteiger partial charge in [-0.15, -0.1) is 0 Å². The van der Waals surface area contributed by atoms with E-state index in [-0.39, 0.29) is 12.5 Å². The standard InChI is InChI=1S/C28H31NO5S/c1-3-35-19-23(30)18-33-25-14-11-22(17-27(25)32-2)29-16-15-26(28(29)31)34-24-12-9-21(10-13-24)20-7-5-4-6-8-20/h4-14,17,23,26,30H,3,15-16,18-19H2,1-2H3/t23-,26?/m1/s1. The second-order valence-corrected chi connectivity index (χ2v) is 9.55. The van der Waals surface area contributed by atoms with Crippen molar-refractivity contribution >= 4 is 23.4 Å². The minimum Gasteiger partial charge on any atom is -0.493 e. The lowest BCUT2D eigenvalue weighted by Gasteiger charge is -2.20. The van der Waals surface area contributed by atoms with E-state index in [1.807, 2.05) is 48.5 Å². The summed E-state index contributed by atoms with van der Waals surface area (Å²) in [6.45, 7) is 2.79. The van der Waals surface area contributed by atoms with Crippen molar-refractivity contribution in [2.45, 2.75) is 25.6 Å². The molecule has 1 amide bonds. The number of ether oxygens (including phenoxy) is 3. The summed E-state index contributed by atoms with van der Waals surface area (Å²) in [7, 11) is 1.56. The van der Waals surface area contributed by atoms with Gasteiger partial charge in [0.25, 0.3) is 5.91 Å². The zero-order valence-corrected chi connectivity index (χ0v) is 20.9. The number of nitrogens with zero attached hydrogens (tertiary/aromatic N) is 1. The molecule has 184 valence electrons. The molecule has 1 aliphatic heterocycles. The largest absolute Gasteiger partial charge is 0.493 e. The first-order chi connectivity index (χ1) is 17.1. The highest BCUT2D eigenvalue weighted by atomic mass is 32.2. The Morgan fingerprint density at radius 3 is 2.49 bits per heavy atom. The molecule has 0 bridgehead atoms. The van der Waals surface area contributed by atoms with Crippen molar-refractivity contribution < 1.29 is 24.1 Å². The molecule has 3 aromatic rings. The first-order valence-corrected chi connectivity index (χ1v) is 12.9. The Hall–Kier alpha value is -3.16. The summed E-state index contributed by atoms with van der Waals surface area (Å²) in [5.41, 5.74) is 2.97. The van der Waals surface area contributed by atoms with Gasteiger partial charge < -0.3 is 24.2 Å². The predicted molar refractivity (Wildman–Crippen MR) is 141 cm³/mol. The molecule has 0 aliphatic carbocycles. The van der Waals surface area contributed by atoms with Gasteiger partial charge in [-0.3, -0.25) is 4.79 Å². The summed E-state index contributed by atoms with van der Waals surface area (Å²) < 4.78 is 17.3. The number of thioether (sulfide) groups is 1. The third kappa shape index (κ3) is 6.29. The summed E-state index contributed by atoms with van der Waals surface area (Å²) in [5.74, 6) is 3.21. The van der Waals surface area contributed by atoms with Crippen LogP contribution in [0.15, 0.2) is 72.8 Å². The molecule has 0 radical (unpaired) electrons. The van der Waals surface area contributed by atoms with E-state index in [0.717, 1.165) is 22.6 Å². The van der Waals surface area contributed by atoms with E-state index in [4.69, 9.17) is 14.2 Å². The summed E-state index contributed by atoms with van der Waals surface area (Å²) in [4.78, 5) is 14.8. The smallest absolute Gasteiger partial charge is 0.268 e. The Bertz CT molecular complexity index is 1110. The van der Waals surface area contributed by atoms with E-state index in [1.165, 1.54) is 0 Å². The minimum absolute atomic E-state index is 0.0835. The Balaban J connectivity index is 1.38. The Kier molecular flexibility index (Phi) is 8.55. The van der Waals surface area contributed by atoms with Crippen molar-refractivity contribution in [2.75, 3.05) is 36.7 Å². The first-order valence-electron chi connectivity index (χ1n) is 11.8. The lowest BCUT2D eigenvalue weighted by Crippen LogP contribution is -2.32. The lowest BCUT2D eigenvalue weighted by molar-refractivity contribution is -0.122. The second kappa shape index (κ2) is 12.0. The monoisotopic (exact) mass is 493 g/mol. The van der Waals surface area contributed by atoms with Gasteiger partial charge in [-0.05, 0) is 41.1 Å². The third-order valence-corrected chi connectivity index (χ3v) is 6.83. The van der Waals surface area contributed by atoms with Gasteiger partial charge in [-0.2, -0.15) is 11.8 Å². The molecule has 4 rings (SSSR count). The van der Waals surface area contributed by atoms with E-state index in [9.17, 15) is 9.90 Å². The van der Waals surface area contributed by atoms with Crippen LogP contribution in [0.3, 0.4) is 0 Å². The van der Waals surface area contributed by atoms with Crippen LogP contribution >= 0.6 is 11.8 Å². The number of methoxy groups -OCH3 is 1. The molecule has 0 spiro atoms. The molecule has 1 aliphatic rings. The van der Waals surface area contributed by atoms with Crippen molar-refractivity contribution in [1.82, 2.24) is 0 Å². The van der Waals surface area contributed by atoms with Crippen molar-refractivity contribution in [3.63, 3.8) is 0 Å². The molecule has 2 atom stereocenters. The number of hydrogen-bond acceptors (Lipinski definition) is 6. The zero-order chi connectivity index (χ0) is 24.6. The van der Waals surface area contributed by atoms with Crippen LogP contribution < -0.4 is 19.1 Å². The maximum absolute atomic E-state index is 13.1. The van der Waals surface area contributed by atoms with Crippen molar-refractivity contribution in [3.8, 4) is 28.4 Å². The van der Waals surface area contributed by atoms with Crippen molar-refractivity contribution in [3.05, 3.63) is 72.8 Å². The van der Waals surface area contributed by atoms with Gasteiger partial charge in [-0.25, -0.2) is 0 Å². The van der Waals surface area contributed by atoms with Crippen LogP contribution in [-0.2, 0) is 4.79 Å². The first kappa shape index (κ1) is 24.9. The van der Waals surface area contributed by atoms with Gasteiger partial charge in [0, 0.05) is 30.5 Å². The maximum atomic E-state index is 13.1. The molecule has 6 nitrogen and oxygen atoms in total. The quantitative estimate of drug-likeness (QED) is 0.404. The van der Waals surface area contributed by atoms with Gasteiger partial charge >= 0.3 is 0 Å². The SMILES string of the molecule is CCSC[C@H](O)COc1ccc(N2CCC(Oc3ccc(-c4ccccc4)cc3)C2=O)cc1OC. The molecule has 0 saturated carbocycles. The Labute approximate surface area is 210 Å². The minimum atomic E-state index is -0.552. The summed E-state index contributed by atoms with van der Waals surface area (Å²) in [6.07, 6.45) is -0.490. The highest BCUT2D eigenvalue weighted by molar-refractivity contribution is 7.99. The highest BCUT2D eigenvalue weighted by Gasteiger charge is 2.34. The molecule has 1 heterocycles. The molecular formula is C28H31NO5S. The van der Waals surface area contributed by atoms with Crippen molar-refractivity contribution in [1.29, 1.82) is 0 Å². The molecular weight excluding hydrogens is 462 g/mol. The Morgan fingerprint density at radius 1 is 1.03 bits per heavy atom. The van der Waals surface area contributed by atoms with E-state index >= 15 is 0 Å². The average Bonchev–Trinajstić information content (AvgIpc) is 3.26. The number of amides is 1. The molecule has 35 heavy (non-hydrogen) atoms. The number of carbonyl (C=O) groups is 1. The van der Waals surface area contributed by atoms with E-state index in [2.05, 4.69) is 19.1 Å². The van der Waals surface area contributed by atoms with Crippen LogP contribution in [0, 0.1) is 0 Å². The average molecular weight is 494 g/mol. The topological polar surface area (TPSA) is 68.2 Å².